The van der Waals surface area contributed by atoms with Crippen LogP contribution in [0.3, 0.4) is 0 Å². The molecule has 8 nitrogen and oxygen atoms in total. The van der Waals surface area contributed by atoms with Crippen LogP contribution >= 0.6 is 0 Å². The quantitative estimate of drug-likeness (QED) is 0.683. The maximum Gasteiger partial charge on any atom is 0.358 e. The summed E-state index contributed by atoms with van der Waals surface area (Å²) in [5, 5.41) is 19.0. The number of carboxylic acids is 1. The predicted molar refractivity (Wildman–Crippen MR) is 61.0 cm³/mol. The number of carboxylic acid groups (broad SMARTS) is 1. The molecule has 1 unspecified atom stereocenters. The van der Waals surface area contributed by atoms with Gasteiger partial charge >= 0.3 is 5.97 Å². The molecule has 0 bridgehead atoms. The Morgan fingerprint density at radius 2 is 2.44 bits per heavy atom. The van der Waals surface area contributed by atoms with E-state index < -0.39 is 5.97 Å². The Kier molecular flexibility index (Phi) is 3.56. The molecule has 1 aliphatic rings. The average molecular weight is 253 g/mol. The van der Waals surface area contributed by atoms with Crippen LogP contribution in [0, 0.1) is 0 Å². The number of hydrogen-bond donors (Lipinski definition) is 2. The lowest BCUT2D eigenvalue weighted by atomic mass is 10.2. The van der Waals surface area contributed by atoms with Gasteiger partial charge in [0.2, 0.25) is 5.91 Å². The monoisotopic (exact) mass is 253 g/mol. The summed E-state index contributed by atoms with van der Waals surface area (Å²) < 4.78 is 1.44. The van der Waals surface area contributed by atoms with Crippen LogP contribution in [0.1, 0.15) is 16.9 Å². The molecule has 1 amide bonds. The first-order valence-electron chi connectivity index (χ1n) is 5.69. The molecular weight excluding hydrogens is 238 g/mol. The van der Waals surface area contributed by atoms with Gasteiger partial charge in [-0.2, -0.15) is 0 Å². The maximum atomic E-state index is 11.6. The predicted octanol–water partition coefficient (Wildman–Crippen LogP) is -1.20. The van der Waals surface area contributed by atoms with Crippen LogP contribution in [0.4, 0.5) is 0 Å². The number of nitrogens with one attached hydrogen (secondary N) is 1. The van der Waals surface area contributed by atoms with Gasteiger partial charge in [0.05, 0.1) is 18.8 Å². The molecule has 1 fully saturated rings. The molecule has 1 aliphatic heterocycles. The zero-order valence-electron chi connectivity index (χ0n) is 10.0. The van der Waals surface area contributed by atoms with E-state index in [1.165, 1.54) is 10.9 Å². The van der Waals surface area contributed by atoms with Gasteiger partial charge in [-0.05, 0) is 6.42 Å². The van der Waals surface area contributed by atoms with E-state index in [2.05, 4.69) is 15.6 Å². The minimum absolute atomic E-state index is 0.0772. The average Bonchev–Trinajstić information content (AvgIpc) is 2.91. The Morgan fingerprint density at radius 1 is 1.67 bits per heavy atom. The molecule has 0 radical (unpaired) electrons. The van der Waals surface area contributed by atoms with Crippen molar-refractivity contribution < 1.29 is 14.7 Å². The highest BCUT2D eigenvalue weighted by molar-refractivity contribution is 5.84. The number of aromatic carboxylic acids is 1. The topological polar surface area (TPSA) is 100 Å². The largest absolute Gasteiger partial charge is 0.476 e. The van der Waals surface area contributed by atoms with Gasteiger partial charge in [-0.15, -0.1) is 5.10 Å². The summed E-state index contributed by atoms with van der Waals surface area (Å²) in [4.78, 5) is 23.9. The smallest absolute Gasteiger partial charge is 0.358 e. The number of likely N-dealkylation sites (N-methyl/N-ethyl adjacent to an activating group) is 1. The van der Waals surface area contributed by atoms with Crippen molar-refractivity contribution >= 4 is 11.9 Å². The number of likely N-dealkylation sites (tertiary alicyclic amines) is 1. The third kappa shape index (κ3) is 2.65. The third-order valence-corrected chi connectivity index (χ3v) is 2.92. The molecule has 0 spiro atoms. The second-order valence-electron chi connectivity index (χ2n) is 4.23. The molecule has 0 saturated carbocycles. The van der Waals surface area contributed by atoms with Crippen LogP contribution in [0.2, 0.25) is 0 Å². The lowest BCUT2D eigenvalue weighted by molar-refractivity contribution is -0.128. The highest BCUT2D eigenvalue weighted by Crippen LogP contribution is 2.07. The van der Waals surface area contributed by atoms with Crippen LogP contribution in [0.15, 0.2) is 6.20 Å². The van der Waals surface area contributed by atoms with E-state index in [-0.39, 0.29) is 17.6 Å². The Morgan fingerprint density at radius 3 is 3.00 bits per heavy atom. The van der Waals surface area contributed by atoms with Crippen LogP contribution in [-0.4, -0.2) is 63.1 Å². The highest BCUT2D eigenvalue weighted by atomic mass is 16.4. The first-order chi connectivity index (χ1) is 8.58. The number of carbonyl (C=O) groups excluding carboxylic acids is 1. The molecule has 98 valence electrons. The summed E-state index contributed by atoms with van der Waals surface area (Å²) in [7, 11) is 1.78. The van der Waals surface area contributed by atoms with Gasteiger partial charge in [0.1, 0.15) is 0 Å². The summed E-state index contributed by atoms with van der Waals surface area (Å²) in [6.07, 6.45) is 2.17. The van der Waals surface area contributed by atoms with Crippen molar-refractivity contribution in [2.75, 3.05) is 20.1 Å². The van der Waals surface area contributed by atoms with Gasteiger partial charge in [-0.3, -0.25) is 9.48 Å². The molecule has 0 aromatic carbocycles. The number of rotatable bonds is 5. The van der Waals surface area contributed by atoms with Crippen LogP contribution < -0.4 is 5.32 Å². The van der Waals surface area contributed by atoms with Crippen molar-refractivity contribution in [3.05, 3.63) is 11.9 Å². The molecule has 8 heteroatoms. The van der Waals surface area contributed by atoms with Crippen molar-refractivity contribution in [2.24, 2.45) is 0 Å². The van der Waals surface area contributed by atoms with E-state index in [1.54, 1.807) is 11.9 Å². The van der Waals surface area contributed by atoms with Gasteiger partial charge in [0.25, 0.3) is 0 Å². The second kappa shape index (κ2) is 5.13. The Bertz CT molecular complexity index is 458. The van der Waals surface area contributed by atoms with E-state index in [9.17, 15) is 9.59 Å². The molecule has 1 atom stereocenters. The second-order valence-corrected chi connectivity index (χ2v) is 4.23. The standard InChI is InChI=1S/C10H15N5O3/c1-14-4-2-7(9(14)16)11-3-5-15-6-8(10(17)18)12-13-15/h6-7,11H,2-5H2,1H3,(H,17,18). The van der Waals surface area contributed by atoms with Crippen molar-refractivity contribution in [2.45, 2.75) is 19.0 Å². The summed E-state index contributed by atoms with van der Waals surface area (Å²) in [5.74, 6) is -0.999. The molecule has 1 saturated heterocycles. The summed E-state index contributed by atoms with van der Waals surface area (Å²) in [6, 6.07) is -0.141. The number of aromatic nitrogens is 3. The minimum atomic E-state index is -1.10. The molecule has 2 rings (SSSR count). The van der Waals surface area contributed by atoms with Gasteiger partial charge < -0.3 is 15.3 Å². The first kappa shape index (κ1) is 12.5. The molecule has 18 heavy (non-hydrogen) atoms. The molecule has 2 N–H and O–H groups in total. The Hall–Kier alpha value is -1.96. The molecule has 1 aromatic heterocycles. The number of amides is 1. The first-order valence-corrected chi connectivity index (χ1v) is 5.69. The van der Waals surface area contributed by atoms with Gasteiger partial charge in [0, 0.05) is 20.1 Å². The summed E-state index contributed by atoms with van der Waals surface area (Å²) in [5.41, 5.74) is -0.0772. The zero-order chi connectivity index (χ0) is 13.1. The maximum absolute atomic E-state index is 11.6. The van der Waals surface area contributed by atoms with Gasteiger partial charge in [0.15, 0.2) is 5.69 Å². The van der Waals surface area contributed by atoms with E-state index in [0.29, 0.717) is 13.1 Å². The van der Waals surface area contributed by atoms with Gasteiger partial charge in [-0.1, -0.05) is 5.21 Å². The summed E-state index contributed by atoms with van der Waals surface area (Å²) >= 11 is 0. The van der Waals surface area contributed by atoms with Crippen LogP contribution in [0.5, 0.6) is 0 Å². The van der Waals surface area contributed by atoms with Crippen molar-refractivity contribution in [1.29, 1.82) is 0 Å². The van der Waals surface area contributed by atoms with E-state index in [0.717, 1.165) is 13.0 Å². The van der Waals surface area contributed by atoms with E-state index in [4.69, 9.17) is 5.11 Å². The molecule has 0 aliphatic carbocycles. The fraction of sp³-hybridized carbons (Fsp3) is 0.600. The number of hydrogen-bond acceptors (Lipinski definition) is 5. The minimum Gasteiger partial charge on any atom is -0.476 e. The number of nitrogens with zero attached hydrogens (tertiary/aromatic N) is 4. The fourth-order valence-electron chi connectivity index (χ4n) is 1.87. The summed E-state index contributed by atoms with van der Waals surface area (Å²) in [6.45, 7) is 1.80. The Balaban J connectivity index is 1.78. The third-order valence-electron chi connectivity index (χ3n) is 2.92. The Labute approximate surface area is 104 Å². The SMILES string of the molecule is CN1CCC(NCCn2cc(C(=O)O)nn2)C1=O. The highest BCUT2D eigenvalue weighted by Gasteiger charge is 2.28. The van der Waals surface area contributed by atoms with E-state index >= 15 is 0 Å². The van der Waals surface area contributed by atoms with Gasteiger partial charge in [-0.25, -0.2) is 4.79 Å². The van der Waals surface area contributed by atoms with Crippen molar-refractivity contribution in [3.8, 4) is 0 Å². The fourth-order valence-corrected chi connectivity index (χ4v) is 1.87. The molecule has 2 heterocycles. The van der Waals surface area contributed by atoms with Crippen molar-refractivity contribution in [1.82, 2.24) is 25.2 Å². The molecular formula is C10H15N5O3. The van der Waals surface area contributed by atoms with Crippen LogP contribution in [-0.2, 0) is 11.3 Å². The van der Waals surface area contributed by atoms with E-state index in [1.807, 2.05) is 0 Å². The normalized spacial score (nSPS) is 19.5. The lowest BCUT2D eigenvalue weighted by Gasteiger charge is -2.11. The lowest BCUT2D eigenvalue weighted by Crippen LogP contribution is -2.38. The van der Waals surface area contributed by atoms with Crippen molar-refractivity contribution in [3.63, 3.8) is 0 Å². The zero-order valence-corrected chi connectivity index (χ0v) is 10.0. The van der Waals surface area contributed by atoms with Crippen LogP contribution in [0.25, 0.3) is 0 Å². The molecule has 1 aromatic rings. The number of carbonyl (C=O) groups is 2.